The Labute approximate surface area is 88.7 Å². The molecule has 0 radical (unpaired) electrons. The molecule has 0 spiro atoms. The van der Waals surface area contributed by atoms with Gasteiger partial charge in [-0.25, -0.2) is 9.59 Å². The molecule has 0 unspecified atom stereocenters. The van der Waals surface area contributed by atoms with Gasteiger partial charge in [-0.3, -0.25) is 9.80 Å². The van der Waals surface area contributed by atoms with Gasteiger partial charge in [-0.2, -0.15) is 0 Å². The summed E-state index contributed by atoms with van der Waals surface area (Å²) in [6, 6.07) is 0. The SMILES string of the molecule is CCOC(=O)N1CCN(C(=O)OCC)C1. The maximum Gasteiger partial charge on any atom is 0.411 e. The van der Waals surface area contributed by atoms with Crippen molar-refractivity contribution in [2.75, 3.05) is 33.0 Å². The molecule has 0 N–H and O–H groups in total. The van der Waals surface area contributed by atoms with Crippen LogP contribution in [0.5, 0.6) is 0 Å². The van der Waals surface area contributed by atoms with Gasteiger partial charge >= 0.3 is 12.2 Å². The van der Waals surface area contributed by atoms with Crippen molar-refractivity contribution < 1.29 is 19.1 Å². The Morgan fingerprint density at radius 3 is 1.73 bits per heavy atom. The molecule has 6 heteroatoms. The number of nitrogens with zero attached hydrogens (tertiary/aromatic N) is 2. The maximum absolute atomic E-state index is 11.3. The normalized spacial score (nSPS) is 15.3. The highest BCUT2D eigenvalue weighted by molar-refractivity contribution is 5.71. The van der Waals surface area contributed by atoms with Gasteiger partial charge in [0.05, 0.1) is 13.2 Å². The third-order valence-electron chi connectivity index (χ3n) is 2.03. The average Bonchev–Trinajstić information content (AvgIpc) is 2.67. The molecule has 0 aromatic heterocycles. The van der Waals surface area contributed by atoms with Crippen LogP contribution in [-0.2, 0) is 9.47 Å². The lowest BCUT2D eigenvalue weighted by Gasteiger charge is -2.17. The first-order valence-electron chi connectivity index (χ1n) is 5.02. The van der Waals surface area contributed by atoms with E-state index in [9.17, 15) is 9.59 Å². The van der Waals surface area contributed by atoms with Crippen molar-refractivity contribution in [2.24, 2.45) is 0 Å². The highest BCUT2D eigenvalue weighted by Crippen LogP contribution is 2.08. The molecule has 0 bridgehead atoms. The quantitative estimate of drug-likeness (QED) is 0.687. The molecule has 1 aliphatic rings. The summed E-state index contributed by atoms with van der Waals surface area (Å²) in [6.45, 7) is 5.42. The van der Waals surface area contributed by atoms with Gasteiger partial charge in [0.25, 0.3) is 0 Å². The summed E-state index contributed by atoms with van der Waals surface area (Å²) >= 11 is 0. The molecule has 2 amide bonds. The minimum absolute atomic E-state index is 0.248. The van der Waals surface area contributed by atoms with Crippen LogP contribution >= 0.6 is 0 Å². The molecule has 1 rings (SSSR count). The van der Waals surface area contributed by atoms with Gasteiger partial charge in [0.2, 0.25) is 0 Å². The fraction of sp³-hybridized carbons (Fsp3) is 0.778. The summed E-state index contributed by atoms with van der Waals surface area (Å²) < 4.78 is 9.64. The zero-order valence-corrected chi connectivity index (χ0v) is 9.06. The highest BCUT2D eigenvalue weighted by atomic mass is 16.6. The average molecular weight is 216 g/mol. The first-order valence-corrected chi connectivity index (χ1v) is 5.02. The summed E-state index contributed by atoms with van der Waals surface area (Å²) in [5.74, 6) is 0. The van der Waals surface area contributed by atoms with Gasteiger partial charge in [-0.15, -0.1) is 0 Å². The van der Waals surface area contributed by atoms with E-state index in [1.165, 1.54) is 9.80 Å². The van der Waals surface area contributed by atoms with Gasteiger partial charge in [0.15, 0.2) is 0 Å². The second kappa shape index (κ2) is 5.43. The lowest BCUT2D eigenvalue weighted by molar-refractivity contribution is 0.0955. The van der Waals surface area contributed by atoms with Crippen LogP contribution in [0.2, 0.25) is 0 Å². The Morgan fingerprint density at radius 2 is 1.40 bits per heavy atom. The molecule has 0 aliphatic carbocycles. The van der Waals surface area contributed by atoms with Crippen LogP contribution in [0.25, 0.3) is 0 Å². The standard InChI is InChI=1S/C9H16N2O4/c1-3-14-8(12)10-5-6-11(7-10)9(13)15-4-2/h3-7H2,1-2H3. The van der Waals surface area contributed by atoms with E-state index in [0.29, 0.717) is 26.3 Å². The molecule has 0 saturated carbocycles. The number of rotatable bonds is 2. The van der Waals surface area contributed by atoms with E-state index in [4.69, 9.17) is 9.47 Å². The lowest BCUT2D eigenvalue weighted by Crippen LogP contribution is -2.34. The van der Waals surface area contributed by atoms with Gasteiger partial charge in [-0.1, -0.05) is 0 Å². The van der Waals surface area contributed by atoms with Crippen molar-refractivity contribution in [1.82, 2.24) is 9.80 Å². The first kappa shape index (κ1) is 11.6. The predicted octanol–water partition coefficient (Wildman–Crippen LogP) is 0.875. The van der Waals surface area contributed by atoms with Crippen molar-refractivity contribution >= 4 is 12.2 Å². The van der Waals surface area contributed by atoms with Crippen LogP contribution in [0.1, 0.15) is 13.8 Å². The Morgan fingerprint density at radius 1 is 1.00 bits per heavy atom. The lowest BCUT2D eigenvalue weighted by atomic mass is 10.6. The molecule has 1 saturated heterocycles. The summed E-state index contributed by atoms with van der Waals surface area (Å²) in [5.41, 5.74) is 0. The summed E-state index contributed by atoms with van der Waals surface area (Å²) in [6.07, 6.45) is -0.770. The number of hydrogen-bond acceptors (Lipinski definition) is 4. The molecular weight excluding hydrogens is 200 g/mol. The molecule has 1 aliphatic heterocycles. The van der Waals surface area contributed by atoms with Crippen LogP contribution in [0.15, 0.2) is 0 Å². The molecular formula is C9H16N2O4. The van der Waals surface area contributed by atoms with Crippen molar-refractivity contribution in [3.05, 3.63) is 0 Å². The maximum atomic E-state index is 11.3. The van der Waals surface area contributed by atoms with E-state index in [0.717, 1.165) is 0 Å². The summed E-state index contributed by atoms with van der Waals surface area (Å²) in [7, 11) is 0. The fourth-order valence-electron chi connectivity index (χ4n) is 1.32. The second-order valence-electron chi connectivity index (χ2n) is 3.07. The number of carbonyl (C=O) groups is 2. The van der Waals surface area contributed by atoms with Crippen LogP contribution < -0.4 is 0 Å². The van der Waals surface area contributed by atoms with Crippen molar-refractivity contribution in [1.29, 1.82) is 0 Å². The second-order valence-corrected chi connectivity index (χ2v) is 3.07. The smallest absolute Gasteiger partial charge is 0.411 e. The van der Waals surface area contributed by atoms with E-state index in [1.54, 1.807) is 13.8 Å². The number of ether oxygens (including phenoxy) is 2. The minimum Gasteiger partial charge on any atom is -0.450 e. The Balaban J connectivity index is 2.38. The topological polar surface area (TPSA) is 59.1 Å². The van der Waals surface area contributed by atoms with Crippen LogP contribution in [0, 0.1) is 0 Å². The molecule has 15 heavy (non-hydrogen) atoms. The number of carbonyl (C=O) groups excluding carboxylic acids is 2. The Bertz CT molecular complexity index is 220. The third-order valence-corrected chi connectivity index (χ3v) is 2.03. The molecule has 86 valence electrons. The Kier molecular flexibility index (Phi) is 4.20. The van der Waals surface area contributed by atoms with Crippen molar-refractivity contribution in [2.45, 2.75) is 13.8 Å². The zero-order valence-electron chi connectivity index (χ0n) is 9.06. The summed E-state index contributed by atoms with van der Waals surface area (Å²) in [4.78, 5) is 25.5. The zero-order chi connectivity index (χ0) is 11.3. The van der Waals surface area contributed by atoms with Gasteiger partial charge < -0.3 is 9.47 Å². The van der Waals surface area contributed by atoms with Crippen LogP contribution in [0.3, 0.4) is 0 Å². The molecule has 0 atom stereocenters. The molecule has 0 aromatic rings. The molecule has 6 nitrogen and oxygen atoms in total. The van der Waals surface area contributed by atoms with Crippen molar-refractivity contribution in [3.8, 4) is 0 Å². The van der Waals surface area contributed by atoms with Gasteiger partial charge in [0.1, 0.15) is 6.67 Å². The third kappa shape index (κ3) is 3.00. The monoisotopic (exact) mass is 216 g/mol. The van der Waals surface area contributed by atoms with Gasteiger partial charge in [-0.05, 0) is 13.8 Å². The largest absolute Gasteiger partial charge is 0.450 e. The van der Waals surface area contributed by atoms with E-state index >= 15 is 0 Å². The van der Waals surface area contributed by atoms with Crippen molar-refractivity contribution in [3.63, 3.8) is 0 Å². The van der Waals surface area contributed by atoms with E-state index in [-0.39, 0.29) is 18.9 Å². The number of hydrogen-bond donors (Lipinski definition) is 0. The molecule has 0 aromatic carbocycles. The predicted molar refractivity (Wildman–Crippen MR) is 52.3 cm³/mol. The van der Waals surface area contributed by atoms with Crippen LogP contribution in [0.4, 0.5) is 9.59 Å². The van der Waals surface area contributed by atoms with E-state index in [2.05, 4.69) is 0 Å². The van der Waals surface area contributed by atoms with E-state index < -0.39 is 0 Å². The minimum atomic E-state index is -0.385. The van der Waals surface area contributed by atoms with Crippen LogP contribution in [-0.4, -0.2) is 55.0 Å². The fourth-order valence-corrected chi connectivity index (χ4v) is 1.32. The molecule has 1 heterocycles. The molecule has 1 fully saturated rings. The number of amides is 2. The van der Waals surface area contributed by atoms with Gasteiger partial charge in [0, 0.05) is 13.1 Å². The Hall–Kier alpha value is -1.46. The first-order chi connectivity index (χ1) is 7.19. The van der Waals surface area contributed by atoms with E-state index in [1.807, 2.05) is 0 Å². The summed E-state index contributed by atoms with van der Waals surface area (Å²) in [5, 5.41) is 0. The highest BCUT2D eigenvalue weighted by Gasteiger charge is 2.28.